The van der Waals surface area contributed by atoms with Gasteiger partial charge in [-0.3, -0.25) is 4.79 Å². The third-order valence-corrected chi connectivity index (χ3v) is 4.40. The maximum Gasteiger partial charge on any atom is 0.308 e. The first-order valence-corrected chi connectivity index (χ1v) is 5.93. The molecule has 0 aromatic heterocycles. The zero-order valence-corrected chi connectivity index (χ0v) is 9.28. The van der Waals surface area contributed by atoms with Crippen LogP contribution in [-0.4, -0.2) is 22.3 Å². The largest absolute Gasteiger partial charge is 0.481 e. The van der Waals surface area contributed by atoms with Crippen LogP contribution in [0, 0.1) is 17.3 Å². The molecule has 15 heavy (non-hydrogen) atoms. The van der Waals surface area contributed by atoms with E-state index in [2.05, 4.69) is 0 Å². The van der Waals surface area contributed by atoms with E-state index in [1.165, 1.54) is 32.1 Å². The van der Waals surface area contributed by atoms with E-state index in [0.29, 0.717) is 17.8 Å². The van der Waals surface area contributed by atoms with Gasteiger partial charge in [0.15, 0.2) is 0 Å². The standard InChI is InChI=1S/C12H20O3/c1-8(11(14)15)10(13)5-9-6-12(7-9)3-2-4-12/h8-10,13H,2-7H2,1H3,(H,14,15). The number of hydrogen-bond donors (Lipinski definition) is 2. The van der Waals surface area contributed by atoms with Crippen LogP contribution in [0.4, 0.5) is 0 Å². The first-order valence-electron chi connectivity index (χ1n) is 5.93. The number of carboxylic acids is 1. The minimum Gasteiger partial charge on any atom is -0.481 e. The Morgan fingerprint density at radius 3 is 2.47 bits per heavy atom. The van der Waals surface area contributed by atoms with Gasteiger partial charge < -0.3 is 10.2 Å². The fourth-order valence-corrected chi connectivity index (χ4v) is 3.13. The van der Waals surface area contributed by atoms with Crippen molar-refractivity contribution in [3.8, 4) is 0 Å². The molecule has 3 heteroatoms. The molecular formula is C12H20O3. The van der Waals surface area contributed by atoms with Crippen LogP contribution in [0.1, 0.15) is 45.4 Å². The Morgan fingerprint density at radius 1 is 1.47 bits per heavy atom. The SMILES string of the molecule is CC(C(=O)O)C(O)CC1CC2(CCC2)C1. The van der Waals surface area contributed by atoms with Crippen LogP contribution in [0.5, 0.6) is 0 Å². The number of aliphatic hydroxyl groups is 1. The van der Waals surface area contributed by atoms with Gasteiger partial charge in [0.1, 0.15) is 0 Å². The summed E-state index contributed by atoms with van der Waals surface area (Å²) in [5, 5.41) is 18.5. The van der Waals surface area contributed by atoms with Crippen LogP contribution >= 0.6 is 0 Å². The van der Waals surface area contributed by atoms with Crippen LogP contribution in [0.2, 0.25) is 0 Å². The summed E-state index contributed by atoms with van der Waals surface area (Å²) in [5.41, 5.74) is 0.622. The molecule has 0 amide bonds. The Labute approximate surface area is 90.5 Å². The molecule has 0 aromatic rings. The minimum absolute atomic E-state index is 0.571. The van der Waals surface area contributed by atoms with E-state index in [4.69, 9.17) is 5.11 Å². The van der Waals surface area contributed by atoms with Crippen molar-refractivity contribution in [3.05, 3.63) is 0 Å². The number of aliphatic carboxylic acids is 1. The average Bonchev–Trinajstić information content (AvgIpc) is 2.05. The Morgan fingerprint density at radius 2 is 2.07 bits per heavy atom. The molecule has 2 aliphatic rings. The van der Waals surface area contributed by atoms with E-state index < -0.39 is 18.0 Å². The van der Waals surface area contributed by atoms with Crippen molar-refractivity contribution in [2.45, 2.75) is 51.6 Å². The van der Waals surface area contributed by atoms with Crippen LogP contribution in [0.3, 0.4) is 0 Å². The molecule has 2 rings (SSSR count). The number of hydrogen-bond acceptors (Lipinski definition) is 2. The summed E-state index contributed by atoms with van der Waals surface area (Å²) in [4.78, 5) is 10.7. The molecule has 0 saturated heterocycles. The highest BCUT2D eigenvalue weighted by atomic mass is 16.4. The molecule has 0 aliphatic heterocycles. The van der Waals surface area contributed by atoms with Gasteiger partial charge >= 0.3 is 5.97 Å². The van der Waals surface area contributed by atoms with E-state index in [0.717, 1.165) is 0 Å². The molecule has 0 bridgehead atoms. The molecule has 2 N–H and O–H groups in total. The topological polar surface area (TPSA) is 57.5 Å². The summed E-state index contributed by atoms with van der Waals surface area (Å²) in [6.45, 7) is 1.59. The van der Waals surface area contributed by atoms with Gasteiger partial charge in [0.05, 0.1) is 12.0 Å². The maximum atomic E-state index is 10.7. The van der Waals surface area contributed by atoms with Crippen molar-refractivity contribution in [1.29, 1.82) is 0 Å². The Balaban J connectivity index is 1.72. The number of rotatable bonds is 4. The zero-order chi connectivity index (χ0) is 11.1. The van der Waals surface area contributed by atoms with E-state index in [-0.39, 0.29) is 0 Å². The second-order valence-corrected chi connectivity index (χ2v) is 5.56. The lowest BCUT2D eigenvalue weighted by molar-refractivity contribution is -0.146. The summed E-state index contributed by atoms with van der Waals surface area (Å²) < 4.78 is 0. The van der Waals surface area contributed by atoms with Crippen LogP contribution in [0.15, 0.2) is 0 Å². The highest BCUT2D eigenvalue weighted by Crippen LogP contribution is 2.59. The molecule has 2 unspecified atom stereocenters. The zero-order valence-electron chi connectivity index (χ0n) is 9.28. The number of carboxylic acid groups (broad SMARTS) is 1. The third kappa shape index (κ3) is 2.03. The lowest BCUT2D eigenvalue weighted by atomic mass is 9.51. The molecule has 0 aromatic carbocycles. The normalized spacial score (nSPS) is 27.9. The molecule has 1 spiro atoms. The third-order valence-electron chi connectivity index (χ3n) is 4.40. The van der Waals surface area contributed by atoms with Gasteiger partial charge in [-0.25, -0.2) is 0 Å². The summed E-state index contributed by atoms with van der Waals surface area (Å²) in [7, 11) is 0. The van der Waals surface area contributed by atoms with Gasteiger partial charge in [0, 0.05) is 0 Å². The predicted octanol–water partition coefficient (Wildman–Crippen LogP) is 2.04. The second-order valence-electron chi connectivity index (χ2n) is 5.56. The molecule has 2 atom stereocenters. The second kappa shape index (κ2) is 3.78. The van der Waals surface area contributed by atoms with E-state index in [9.17, 15) is 9.90 Å². The van der Waals surface area contributed by atoms with Gasteiger partial charge in [-0.05, 0) is 50.4 Å². The highest BCUT2D eigenvalue weighted by molar-refractivity contribution is 5.70. The van der Waals surface area contributed by atoms with Crippen LogP contribution < -0.4 is 0 Å². The fourth-order valence-electron chi connectivity index (χ4n) is 3.13. The molecule has 2 fully saturated rings. The molecule has 0 heterocycles. The quantitative estimate of drug-likeness (QED) is 0.749. The first-order chi connectivity index (χ1) is 7.02. The highest BCUT2D eigenvalue weighted by Gasteiger charge is 2.48. The van der Waals surface area contributed by atoms with Gasteiger partial charge in [-0.2, -0.15) is 0 Å². The van der Waals surface area contributed by atoms with Gasteiger partial charge in [-0.15, -0.1) is 0 Å². The average molecular weight is 212 g/mol. The summed E-state index contributed by atoms with van der Waals surface area (Å²) >= 11 is 0. The Kier molecular flexibility index (Phi) is 2.75. The lowest BCUT2D eigenvalue weighted by Gasteiger charge is -2.55. The minimum atomic E-state index is -0.889. The summed E-state index contributed by atoms with van der Waals surface area (Å²) in [5.74, 6) is -0.940. The lowest BCUT2D eigenvalue weighted by Crippen LogP contribution is -2.44. The Bertz CT molecular complexity index is 250. The van der Waals surface area contributed by atoms with Crippen LogP contribution in [-0.2, 0) is 4.79 Å². The predicted molar refractivity (Wildman–Crippen MR) is 56.4 cm³/mol. The fraction of sp³-hybridized carbons (Fsp3) is 0.917. The monoisotopic (exact) mass is 212 g/mol. The van der Waals surface area contributed by atoms with E-state index >= 15 is 0 Å². The van der Waals surface area contributed by atoms with Crippen LogP contribution in [0.25, 0.3) is 0 Å². The number of carbonyl (C=O) groups is 1. The van der Waals surface area contributed by atoms with E-state index in [1.807, 2.05) is 0 Å². The molecule has 86 valence electrons. The maximum absolute atomic E-state index is 10.7. The molecule has 2 saturated carbocycles. The Hall–Kier alpha value is -0.570. The molecule has 2 aliphatic carbocycles. The van der Waals surface area contributed by atoms with Crippen molar-refractivity contribution in [3.63, 3.8) is 0 Å². The smallest absolute Gasteiger partial charge is 0.308 e. The van der Waals surface area contributed by atoms with E-state index in [1.54, 1.807) is 6.92 Å². The van der Waals surface area contributed by atoms with Gasteiger partial charge in [0.25, 0.3) is 0 Å². The molecule has 0 radical (unpaired) electrons. The van der Waals surface area contributed by atoms with Gasteiger partial charge in [0.2, 0.25) is 0 Å². The first kappa shape index (κ1) is 10.9. The van der Waals surface area contributed by atoms with Crippen molar-refractivity contribution >= 4 is 5.97 Å². The van der Waals surface area contributed by atoms with Crippen molar-refractivity contribution < 1.29 is 15.0 Å². The number of aliphatic hydroxyl groups excluding tert-OH is 1. The van der Waals surface area contributed by atoms with Crippen molar-refractivity contribution in [2.24, 2.45) is 17.3 Å². The summed E-state index contributed by atoms with van der Waals surface area (Å²) in [6, 6.07) is 0. The van der Waals surface area contributed by atoms with Gasteiger partial charge in [-0.1, -0.05) is 6.42 Å². The molecule has 3 nitrogen and oxygen atoms in total. The molecular weight excluding hydrogens is 192 g/mol. The summed E-state index contributed by atoms with van der Waals surface area (Å²) in [6.07, 6.45) is 6.52. The van der Waals surface area contributed by atoms with Crippen molar-refractivity contribution in [2.75, 3.05) is 0 Å². The van der Waals surface area contributed by atoms with Crippen molar-refractivity contribution in [1.82, 2.24) is 0 Å².